The molecule has 2 aromatic heterocycles. The van der Waals surface area contributed by atoms with Crippen LogP contribution in [0.25, 0.3) is 11.1 Å². The van der Waals surface area contributed by atoms with E-state index in [9.17, 15) is 4.79 Å². The van der Waals surface area contributed by atoms with Crippen LogP contribution in [0, 0.1) is 0 Å². The SMILES string of the molecule is Cn1cc(-c2ccn(C)c(=O)c2)c(CO)n1. The standard InChI is InChI=1S/C11H13N3O2/c1-13-4-3-8(5-11(13)16)9-6-14(2)12-10(9)7-15/h3-6,15H,7H2,1-2H3. The first-order valence-electron chi connectivity index (χ1n) is 4.92. The second kappa shape index (κ2) is 3.94. The van der Waals surface area contributed by atoms with Crippen LogP contribution >= 0.6 is 0 Å². The van der Waals surface area contributed by atoms with E-state index in [-0.39, 0.29) is 12.2 Å². The number of nitrogens with zero attached hydrogens (tertiary/aromatic N) is 3. The van der Waals surface area contributed by atoms with Gasteiger partial charge in [-0.3, -0.25) is 9.48 Å². The lowest BCUT2D eigenvalue weighted by Crippen LogP contribution is -2.14. The minimum atomic E-state index is -0.134. The minimum Gasteiger partial charge on any atom is -0.390 e. The summed E-state index contributed by atoms with van der Waals surface area (Å²) in [7, 11) is 3.48. The summed E-state index contributed by atoms with van der Waals surface area (Å²) in [6.45, 7) is -0.134. The van der Waals surface area contributed by atoms with Gasteiger partial charge in [-0.1, -0.05) is 0 Å². The van der Waals surface area contributed by atoms with Gasteiger partial charge < -0.3 is 9.67 Å². The molecule has 2 heterocycles. The summed E-state index contributed by atoms with van der Waals surface area (Å²) in [6.07, 6.45) is 3.49. The monoisotopic (exact) mass is 219 g/mol. The fraction of sp³-hybridized carbons (Fsp3) is 0.273. The number of aryl methyl sites for hydroxylation is 2. The summed E-state index contributed by atoms with van der Waals surface area (Å²) >= 11 is 0. The van der Waals surface area contributed by atoms with Crippen molar-refractivity contribution < 1.29 is 5.11 Å². The Morgan fingerprint density at radius 2 is 2.19 bits per heavy atom. The summed E-state index contributed by atoms with van der Waals surface area (Å²) < 4.78 is 3.12. The molecule has 0 aliphatic carbocycles. The first kappa shape index (κ1) is 10.6. The van der Waals surface area contributed by atoms with Crippen LogP contribution < -0.4 is 5.56 Å². The van der Waals surface area contributed by atoms with E-state index in [1.54, 1.807) is 31.2 Å². The van der Waals surface area contributed by atoms with Gasteiger partial charge in [-0.15, -0.1) is 0 Å². The van der Waals surface area contributed by atoms with Crippen LogP contribution in [0.3, 0.4) is 0 Å². The number of aromatic nitrogens is 3. The molecule has 1 N–H and O–H groups in total. The van der Waals surface area contributed by atoms with E-state index in [1.807, 2.05) is 6.07 Å². The second-order valence-corrected chi connectivity index (χ2v) is 3.69. The largest absolute Gasteiger partial charge is 0.390 e. The van der Waals surface area contributed by atoms with Crippen molar-refractivity contribution in [3.63, 3.8) is 0 Å². The van der Waals surface area contributed by atoms with Gasteiger partial charge in [0.2, 0.25) is 0 Å². The molecule has 0 saturated carbocycles. The summed E-state index contributed by atoms with van der Waals surface area (Å²) in [4.78, 5) is 11.5. The van der Waals surface area contributed by atoms with Crippen molar-refractivity contribution in [2.75, 3.05) is 0 Å². The van der Waals surface area contributed by atoms with Gasteiger partial charge >= 0.3 is 0 Å². The van der Waals surface area contributed by atoms with Gasteiger partial charge in [0.15, 0.2) is 0 Å². The molecule has 5 nitrogen and oxygen atoms in total. The highest BCUT2D eigenvalue weighted by Gasteiger charge is 2.09. The highest BCUT2D eigenvalue weighted by atomic mass is 16.3. The minimum absolute atomic E-state index is 0.0785. The molecular formula is C11H13N3O2. The van der Waals surface area contributed by atoms with Crippen LogP contribution in [0.1, 0.15) is 5.69 Å². The average molecular weight is 219 g/mol. The lowest BCUT2D eigenvalue weighted by Gasteiger charge is -2.01. The van der Waals surface area contributed by atoms with Crippen LogP contribution in [-0.2, 0) is 20.7 Å². The second-order valence-electron chi connectivity index (χ2n) is 3.69. The Hall–Kier alpha value is -1.88. The highest BCUT2D eigenvalue weighted by Crippen LogP contribution is 2.20. The summed E-state index contributed by atoms with van der Waals surface area (Å²) in [5.74, 6) is 0. The number of aliphatic hydroxyl groups is 1. The Morgan fingerprint density at radius 3 is 2.81 bits per heavy atom. The molecule has 2 rings (SSSR count). The van der Waals surface area contributed by atoms with E-state index in [4.69, 9.17) is 5.11 Å². The van der Waals surface area contributed by atoms with E-state index in [2.05, 4.69) is 5.10 Å². The fourth-order valence-corrected chi connectivity index (χ4v) is 1.61. The molecule has 0 atom stereocenters. The third kappa shape index (κ3) is 1.77. The Balaban J connectivity index is 2.58. The maximum atomic E-state index is 11.5. The molecule has 0 spiro atoms. The number of rotatable bonds is 2. The van der Waals surface area contributed by atoms with Crippen LogP contribution in [0.2, 0.25) is 0 Å². The highest BCUT2D eigenvalue weighted by molar-refractivity contribution is 5.64. The number of hydrogen-bond donors (Lipinski definition) is 1. The van der Waals surface area contributed by atoms with Crippen molar-refractivity contribution in [1.29, 1.82) is 0 Å². The molecule has 0 radical (unpaired) electrons. The quantitative estimate of drug-likeness (QED) is 0.789. The van der Waals surface area contributed by atoms with Crippen LogP contribution in [-0.4, -0.2) is 19.5 Å². The van der Waals surface area contributed by atoms with Crippen molar-refractivity contribution >= 4 is 0 Å². The summed E-state index contributed by atoms with van der Waals surface area (Å²) in [5.41, 5.74) is 2.07. The fourth-order valence-electron chi connectivity index (χ4n) is 1.61. The molecule has 16 heavy (non-hydrogen) atoms. The molecule has 5 heteroatoms. The maximum absolute atomic E-state index is 11.5. The molecule has 0 bridgehead atoms. The lowest BCUT2D eigenvalue weighted by atomic mass is 10.1. The molecule has 0 fully saturated rings. The van der Waals surface area contributed by atoms with Crippen molar-refractivity contribution in [2.24, 2.45) is 14.1 Å². The third-order valence-electron chi connectivity index (χ3n) is 2.47. The molecule has 0 aliphatic heterocycles. The summed E-state index contributed by atoms with van der Waals surface area (Å²) in [5, 5.41) is 13.3. The van der Waals surface area contributed by atoms with Crippen molar-refractivity contribution in [3.8, 4) is 11.1 Å². The van der Waals surface area contributed by atoms with E-state index in [1.165, 1.54) is 10.6 Å². The van der Waals surface area contributed by atoms with Crippen LogP contribution in [0.4, 0.5) is 0 Å². The van der Waals surface area contributed by atoms with E-state index >= 15 is 0 Å². The zero-order chi connectivity index (χ0) is 11.7. The van der Waals surface area contributed by atoms with Crippen LogP contribution in [0.5, 0.6) is 0 Å². The maximum Gasteiger partial charge on any atom is 0.250 e. The van der Waals surface area contributed by atoms with Gasteiger partial charge in [-0.25, -0.2) is 0 Å². The third-order valence-corrected chi connectivity index (χ3v) is 2.47. The first-order valence-corrected chi connectivity index (χ1v) is 4.92. The molecule has 0 aromatic carbocycles. The molecule has 0 aliphatic rings. The average Bonchev–Trinajstić information content (AvgIpc) is 2.63. The Kier molecular flexibility index (Phi) is 2.62. The Bertz CT molecular complexity index is 569. The molecule has 2 aromatic rings. The number of hydrogen-bond acceptors (Lipinski definition) is 3. The Labute approximate surface area is 92.6 Å². The Morgan fingerprint density at radius 1 is 1.44 bits per heavy atom. The molecule has 0 saturated heterocycles. The van der Waals surface area contributed by atoms with Crippen molar-refractivity contribution in [2.45, 2.75) is 6.61 Å². The first-order chi connectivity index (χ1) is 7.61. The predicted molar refractivity (Wildman–Crippen MR) is 59.8 cm³/mol. The van der Waals surface area contributed by atoms with E-state index in [0.29, 0.717) is 5.69 Å². The molecular weight excluding hydrogens is 206 g/mol. The van der Waals surface area contributed by atoms with E-state index in [0.717, 1.165) is 11.1 Å². The van der Waals surface area contributed by atoms with Gasteiger partial charge in [-0.05, 0) is 11.6 Å². The van der Waals surface area contributed by atoms with Gasteiger partial charge in [0.1, 0.15) is 0 Å². The van der Waals surface area contributed by atoms with Crippen molar-refractivity contribution in [1.82, 2.24) is 14.3 Å². The van der Waals surface area contributed by atoms with Gasteiger partial charge in [0, 0.05) is 38.1 Å². The lowest BCUT2D eigenvalue weighted by molar-refractivity contribution is 0.276. The summed E-state index contributed by atoms with van der Waals surface area (Å²) in [6, 6.07) is 3.37. The molecule has 0 unspecified atom stereocenters. The van der Waals surface area contributed by atoms with Crippen LogP contribution in [0.15, 0.2) is 29.3 Å². The molecule has 0 amide bonds. The zero-order valence-corrected chi connectivity index (χ0v) is 9.21. The van der Waals surface area contributed by atoms with Gasteiger partial charge in [-0.2, -0.15) is 5.10 Å². The number of pyridine rings is 1. The van der Waals surface area contributed by atoms with Crippen molar-refractivity contribution in [3.05, 3.63) is 40.6 Å². The molecule has 84 valence electrons. The predicted octanol–water partition coefficient (Wildman–Crippen LogP) is 0.278. The zero-order valence-electron chi connectivity index (χ0n) is 9.21. The van der Waals surface area contributed by atoms with Gasteiger partial charge in [0.05, 0.1) is 12.3 Å². The number of aliphatic hydroxyl groups excluding tert-OH is 1. The van der Waals surface area contributed by atoms with E-state index < -0.39 is 0 Å². The van der Waals surface area contributed by atoms with Gasteiger partial charge in [0.25, 0.3) is 5.56 Å². The smallest absolute Gasteiger partial charge is 0.250 e. The topological polar surface area (TPSA) is 60.0 Å². The normalized spacial score (nSPS) is 10.7.